The van der Waals surface area contributed by atoms with Crippen LogP contribution < -0.4 is 4.90 Å². The molecule has 0 amide bonds. The SMILES string of the molecule is CCN(Cc1ccccc1)c1nn(-c2ccccc2C(F)(F)F)nc1C(=O)O. The lowest BCUT2D eigenvalue weighted by Gasteiger charge is -2.20. The molecule has 0 saturated carbocycles. The average Bonchev–Trinajstić information content (AvgIpc) is 3.12. The number of aromatic nitrogens is 3. The Morgan fingerprint density at radius 1 is 1.07 bits per heavy atom. The molecule has 0 bridgehead atoms. The molecule has 9 heteroatoms. The van der Waals surface area contributed by atoms with E-state index < -0.39 is 23.4 Å². The summed E-state index contributed by atoms with van der Waals surface area (Å²) in [6.07, 6.45) is -4.62. The molecule has 0 aliphatic carbocycles. The molecule has 1 N–H and O–H groups in total. The smallest absolute Gasteiger partial charge is 0.418 e. The third-order valence-electron chi connectivity index (χ3n) is 4.12. The molecule has 3 rings (SSSR count). The number of carboxylic acid groups (broad SMARTS) is 1. The number of rotatable bonds is 6. The zero-order chi connectivity index (χ0) is 20.3. The van der Waals surface area contributed by atoms with Crippen LogP contribution in [0.2, 0.25) is 0 Å². The van der Waals surface area contributed by atoms with Crippen LogP contribution in [0, 0.1) is 0 Å². The lowest BCUT2D eigenvalue weighted by atomic mass is 10.2. The summed E-state index contributed by atoms with van der Waals surface area (Å²) in [7, 11) is 0. The molecule has 0 unspecified atom stereocenters. The van der Waals surface area contributed by atoms with E-state index >= 15 is 0 Å². The van der Waals surface area contributed by atoms with Crippen LogP contribution in [-0.4, -0.2) is 32.6 Å². The molecular weight excluding hydrogens is 373 g/mol. The first-order valence-electron chi connectivity index (χ1n) is 8.47. The highest BCUT2D eigenvalue weighted by Gasteiger charge is 2.35. The number of carbonyl (C=O) groups is 1. The molecule has 0 saturated heterocycles. The van der Waals surface area contributed by atoms with Crippen LogP contribution in [0.15, 0.2) is 54.6 Å². The number of carboxylic acids is 1. The summed E-state index contributed by atoms with van der Waals surface area (Å²) >= 11 is 0. The van der Waals surface area contributed by atoms with Crippen molar-refractivity contribution in [2.24, 2.45) is 0 Å². The molecule has 146 valence electrons. The maximum atomic E-state index is 13.3. The minimum atomic E-state index is -4.62. The van der Waals surface area contributed by atoms with Gasteiger partial charge in [0.15, 0.2) is 5.82 Å². The van der Waals surface area contributed by atoms with Gasteiger partial charge in [-0.05, 0) is 24.6 Å². The van der Waals surface area contributed by atoms with E-state index in [2.05, 4.69) is 10.2 Å². The Balaban J connectivity index is 2.07. The van der Waals surface area contributed by atoms with Crippen LogP contribution in [0.4, 0.5) is 19.0 Å². The van der Waals surface area contributed by atoms with Gasteiger partial charge in [-0.15, -0.1) is 15.0 Å². The molecular formula is C19H17F3N4O2. The fourth-order valence-electron chi connectivity index (χ4n) is 2.79. The van der Waals surface area contributed by atoms with Gasteiger partial charge in [-0.1, -0.05) is 42.5 Å². The second-order valence-corrected chi connectivity index (χ2v) is 5.98. The van der Waals surface area contributed by atoms with Crippen molar-refractivity contribution in [1.29, 1.82) is 0 Å². The van der Waals surface area contributed by atoms with Crippen LogP contribution in [0.1, 0.15) is 28.5 Å². The number of hydrogen-bond acceptors (Lipinski definition) is 4. The largest absolute Gasteiger partial charge is 0.476 e. The van der Waals surface area contributed by atoms with E-state index in [0.717, 1.165) is 16.4 Å². The van der Waals surface area contributed by atoms with E-state index in [0.29, 0.717) is 13.1 Å². The highest BCUT2D eigenvalue weighted by Crippen LogP contribution is 2.33. The second-order valence-electron chi connectivity index (χ2n) is 5.98. The number of nitrogens with zero attached hydrogens (tertiary/aromatic N) is 4. The summed E-state index contributed by atoms with van der Waals surface area (Å²) < 4.78 is 39.9. The summed E-state index contributed by atoms with van der Waals surface area (Å²) in [5.41, 5.74) is -0.778. The third kappa shape index (κ3) is 3.98. The Morgan fingerprint density at radius 3 is 2.32 bits per heavy atom. The fraction of sp³-hybridized carbons (Fsp3) is 0.211. The molecule has 1 heterocycles. The van der Waals surface area contributed by atoms with Gasteiger partial charge in [0.1, 0.15) is 0 Å². The Morgan fingerprint density at radius 2 is 1.71 bits per heavy atom. The van der Waals surface area contributed by atoms with E-state index in [1.807, 2.05) is 30.3 Å². The summed E-state index contributed by atoms with van der Waals surface area (Å²) in [4.78, 5) is 14.0. The molecule has 28 heavy (non-hydrogen) atoms. The van der Waals surface area contributed by atoms with Crippen molar-refractivity contribution in [3.05, 3.63) is 71.4 Å². The van der Waals surface area contributed by atoms with E-state index in [4.69, 9.17) is 0 Å². The molecule has 0 radical (unpaired) electrons. The standard InChI is InChI=1S/C19H17F3N4O2/c1-2-25(12-13-8-4-3-5-9-13)17-16(18(27)28)23-26(24-17)15-11-7-6-10-14(15)19(20,21)22/h3-11H,2,12H2,1H3,(H,27,28). The second kappa shape index (κ2) is 7.71. The Kier molecular flexibility index (Phi) is 5.34. The van der Waals surface area contributed by atoms with Gasteiger partial charge in [-0.3, -0.25) is 0 Å². The number of hydrogen-bond donors (Lipinski definition) is 1. The van der Waals surface area contributed by atoms with Crippen molar-refractivity contribution in [1.82, 2.24) is 15.0 Å². The van der Waals surface area contributed by atoms with Gasteiger partial charge in [-0.25, -0.2) is 4.79 Å². The zero-order valence-electron chi connectivity index (χ0n) is 14.9. The summed E-state index contributed by atoms with van der Waals surface area (Å²) in [5.74, 6) is -1.35. The maximum absolute atomic E-state index is 13.3. The average molecular weight is 390 g/mol. The first-order chi connectivity index (χ1) is 13.3. The van der Waals surface area contributed by atoms with Crippen LogP contribution in [0.5, 0.6) is 0 Å². The van der Waals surface area contributed by atoms with Crippen LogP contribution in [0.3, 0.4) is 0 Å². The van der Waals surface area contributed by atoms with Crippen molar-refractivity contribution in [3.8, 4) is 5.69 Å². The number of para-hydroxylation sites is 1. The molecule has 0 fully saturated rings. The first-order valence-corrected chi connectivity index (χ1v) is 8.47. The third-order valence-corrected chi connectivity index (χ3v) is 4.12. The highest BCUT2D eigenvalue weighted by atomic mass is 19.4. The summed E-state index contributed by atoms with van der Waals surface area (Å²) in [5, 5.41) is 17.4. The van der Waals surface area contributed by atoms with Gasteiger partial charge < -0.3 is 10.0 Å². The Hall–Kier alpha value is -3.36. The van der Waals surface area contributed by atoms with Gasteiger partial charge in [0.25, 0.3) is 0 Å². The lowest BCUT2D eigenvalue weighted by Crippen LogP contribution is -2.24. The first kappa shape index (κ1) is 19.4. The van der Waals surface area contributed by atoms with Crippen molar-refractivity contribution in [2.75, 3.05) is 11.4 Å². The Bertz CT molecular complexity index is 971. The van der Waals surface area contributed by atoms with Crippen molar-refractivity contribution < 1.29 is 23.1 Å². The number of halogens is 3. The highest BCUT2D eigenvalue weighted by molar-refractivity contribution is 5.91. The summed E-state index contributed by atoms with van der Waals surface area (Å²) in [6.45, 7) is 2.54. The fourth-order valence-corrected chi connectivity index (χ4v) is 2.79. The molecule has 0 spiro atoms. The van der Waals surface area contributed by atoms with Gasteiger partial charge in [-0.2, -0.15) is 13.2 Å². The topological polar surface area (TPSA) is 71.2 Å². The number of anilines is 1. The van der Waals surface area contributed by atoms with Crippen molar-refractivity contribution >= 4 is 11.8 Å². The number of benzene rings is 2. The van der Waals surface area contributed by atoms with Gasteiger partial charge >= 0.3 is 12.1 Å². The normalized spacial score (nSPS) is 11.4. The van der Waals surface area contributed by atoms with E-state index in [1.165, 1.54) is 18.2 Å². The van der Waals surface area contributed by atoms with Gasteiger partial charge in [0.2, 0.25) is 5.69 Å². The lowest BCUT2D eigenvalue weighted by molar-refractivity contribution is -0.137. The summed E-state index contributed by atoms with van der Waals surface area (Å²) in [6, 6.07) is 14.0. The minimum absolute atomic E-state index is 0.0100. The van der Waals surface area contributed by atoms with Crippen LogP contribution in [-0.2, 0) is 12.7 Å². The quantitative estimate of drug-likeness (QED) is 0.689. The minimum Gasteiger partial charge on any atom is -0.476 e. The molecule has 2 aromatic carbocycles. The van der Waals surface area contributed by atoms with E-state index in [9.17, 15) is 23.1 Å². The van der Waals surface area contributed by atoms with Gasteiger partial charge in [0.05, 0.1) is 11.3 Å². The molecule has 0 aliphatic heterocycles. The van der Waals surface area contributed by atoms with Gasteiger partial charge in [0, 0.05) is 13.1 Å². The molecule has 3 aromatic rings. The van der Waals surface area contributed by atoms with E-state index in [1.54, 1.807) is 11.8 Å². The molecule has 1 aromatic heterocycles. The van der Waals surface area contributed by atoms with E-state index in [-0.39, 0.29) is 11.5 Å². The molecule has 0 atom stereocenters. The predicted octanol–water partition coefficient (Wildman–Crippen LogP) is 4.01. The molecule has 6 nitrogen and oxygen atoms in total. The number of alkyl halides is 3. The van der Waals surface area contributed by atoms with Crippen LogP contribution in [0.25, 0.3) is 5.69 Å². The van der Waals surface area contributed by atoms with Crippen LogP contribution >= 0.6 is 0 Å². The zero-order valence-corrected chi connectivity index (χ0v) is 14.9. The van der Waals surface area contributed by atoms with Crippen molar-refractivity contribution in [2.45, 2.75) is 19.6 Å². The maximum Gasteiger partial charge on any atom is 0.418 e. The monoisotopic (exact) mass is 390 g/mol. The molecule has 0 aliphatic rings. The van der Waals surface area contributed by atoms with Crippen molar-refractivity contribution in [3.63, 3.8) is 0 Å². The number of aromatic carboxylic acids is 1. The predicted molar refractivity (Wildman–Crippen MR) is 96.5 cm³/mol. The Labute approximate surface area is 158 Å².